The highest BCUT2D eigenvalue weighted by Crippen LogP contribution is 2.24. The molecule has 0 saturated carbocycles. The molecule has 0 amide bonds. The van der Waals surface area contributed by atoms with Crippen LogP contribution in [0.15, 0.2) is 12.4 Å². The number of rotatable bonds is 8. The molecule has 0 unspecified atom stereocenters. The van der Waals surface area contributed by atoms with E-state index in [1.165, 1.54) is 6.20 Å². The van der Waals surface area contributed by atoms with Crippen LogP contribution >= 0.6 is 0 Å². The Morgan fingerprint density at radius 2 is 1.37 bits per heavy atom. The summed E-state index contributed by atoms with van der Waals surface area (Å²) in [5, 5.41) is 10.1. The molecular weight excluding hydrogens is 346 g/mol. The van der Waals surface area contributed by atoms with E-state index in [4.69, 9.17) is 9.47 Å². The van der Waals surface area contributed by atoms with Crippen molar-refractivity contribution in [3.8, 4) is 5.75 Å². The molecule has 0 spiro atoms. The zero-order chi connectivity index (χ0) is 20.7. The fourth-order valence-corrected chi connectivity index (χ4v) is 2.64. The zero-order valence-corrected chi connectivity index (χ0v) is 17.4. The van der Waals surface area contributed by atoms with Gasteiger partial charge >= 0.3 is 11.9 Å². The predicted molar refractivity (Wildman–Crippen MR) is 103 cm³/mol. The van der Waals surface area contributed by atoms with Gasteiger partial charge in [-0.2, -0.15) is 0 Å². The first-order valence-corrected chi connectivity index (χ1v) is 9.46. The van der Waals surface area contributed by atoms with Crippen LogP contribution in [0, 0.1) is 0 Å². The quantitative estimate of drug-likeness (QED) is 0.684. The Kier molecular flexibility index (Phi) is 8.25. The highest BCUT2D eigenvalue weighted by atomic mass is 16.6. The van der Waals surface area contributed by atoms with Gasteiger partial charge in [0.25, 0.3) is 0 Å². The van der Waals surface area contributed by atoms with Crippen molar-refractivity contribution in [2.24, 2.45) is 0 Å². The summed E-state index contributed by atoms with van der Waals surface area (Å²) >= 11 is 0. The first-order valence-electron chi connectivity index (χ1n) is 9.46. The van der Waals surface area contributed by atoms with Gasteiger partial charge in [0.05, 0.1) is 6.20 Å². The molecule has 0 atom stereocenters. The van der Waals surface area contributed by atoms with E-state index in [0.717, 1.165) is 11.1 Å². The second-order valence-electron chi connectivity index (χ2n) is 8.68. The summed E-state index contributed by atoms with van der Waals surface area (Å²) in [6.45, 7) is 11.0. The van der Waals surface area contributed by atoms with E-state index < -0.39 is 11.2 Å². The fourth-order valence-electron chi connectivity index (χ4n) is 2.64. The molecule has 0 aliphatic carbocycles. The molecule has 0 aliphatic heterocycles. The number of nitrogens with zero attached hydrogens (tertiary/aromatic N) is 1. The number of carbonyl (C=O) groups excluding carboxylic acids is 2. The minimum absolute atomic E-state index is 0.119. The van der Waals surface area contributed by atoms with Crippen LogP contribution in [0.1, 0.15) is 78.4 Å². The predicted octanol–water partition coefficient (Wildman–Crippen LogP) is 4.12. The van der Waals surface area contributed by atoms with Crippen LogP contribution in [-0.4, -0.2) is 33.2 Å². The van der Waals surface area contributed by atoms with Crippen molar-refractivity contribution >= 4 is 11.9 Å². The number of pyridine rings is 1. The van der Waals surface area contributed by atoms with Gasteiger partial charge in [-0.15, -0.1) is 0 Å². The molecule has 0 saturated heterocycles. The van der Waals surface area contributed by atoms with Gasteiger partial charge in [-0.25, -0.2) is 0 Å². The van der Waals surface area contributed by atoms with Crippen molar-refractivity contribution in [2.45, 2.75) is 91.3 Å². The van der Waals surface area contributed by atoms with E-state index in [9.17, 15) is 14.7 Å². The Balaban J connectivity index is 2.56. The SMILES string of the molecule is CC(C)(C)OC(=O)CCCc1cncc(O)c1CCCC(=O)OC(C)(C)C. The number of hydrogen-bond donors (Lipinski definition) is 1. The van der Waals surface area contributed by atoms with Gasteiger partial charge in [0.15, 0.2) is 0 Å². The van der Waals surface area contributed by atoms with Crippen molar-refractivity contribution < 1.29 is 24.2 Å². The Morgan fingerprint density at radius 3 is 1.85 bits per heavy atom. The fraction of sp³-hybridized carbons (Fsp3) is 0.667. The first kappa shape index (κ1) is 22.9. The van der Waals surface area contributed by atoms with Crippen molar-refractivity contribution in [1.29, 1.82) is 0 Å². The molecule has 1 aromatic rings. The molecule has 152 valence electrons. The second kappa shape index (κ2) is 9.72. The molecule has 6 nitrogen and oxygen atoms in total. The summed E-state index contributed by atoms with van der Waals surface area (Å²) in [7, 11) is 0. The number of aromatic nitrogens is 1. The van der Waals surface area contributed by atoms with Crippen LogP contribution in [0.4, 0.5) is 0 Å². The van der Waals surface area contributed by atoms with Crippen molar-refractivity contribution in [2.75, 3.05) is 0 Å². The van der Waals surface area contributed by atoms with E-state index in [2.05, 4.69) is 4.98 Å². The minimum atomic E-state index is -0.497. The van der Waals surface area contributed by atoms with E-state index in [1.54, 1.807) is 6.20 Å². The Bertz CT molecular complexity index is 641. The maximum absolute atomic E-state index is 11.8. The first-order chi connectivity index (χ1) is 12.4. The van der Waals surface area contributed by atoms with E-state index in [1.807, 2.05) is 41.5 Å². The smallest absolute Gasteiger partial charge is 0.306 e. The topological polar surface area (TPSA) is 85.7 Å². The van der Waals surface area contributed by atoms with Gasteiger partial charge in [-0.3, -0.25) is 14.6 Å². The lowest BCUT2D eigenvalue weighted by molar-refractivity contribution is -0.156. The maximum Gasteiger partial charge on any atom is 0.306 e. The normalized spacial score (nSPS) is 11.9. The van der Waals surface area contributed by atoms with Gasteiger partial charge in [0.1, 0.15) is 17.0 Å². The lowest BCUT2D eigenvalue weighted by Crippen LogP contribution is -2.23. The van der Waals surface area contributed by atoms with Crippen LogP contribution in [0.25, 0.3) is 0 Å². The van der Waals surface area contributed by atoms with Gasteiger partial charge in [-0.1, -0.05) is 0 Å². The van der Waals surface area contributed by atoms with E-state index in [0.29, 0.717) is 32.1 Å². The van der Waals surface area contributed by atoms with Crippen molar-refractivity contribution in [1.82, 2.24) is 4.98 Å². The van der Waals surface area contributed by atoms with Crippen LogP contribution < -0.4 is 0 Å². The third-order valence-corrected chi connectivity index (χ3v) is 3.60. The summed E-state index contributed by atoms with van der Waals surface area (Å²) in [5.74, 6) is -0.362. The average Bonchev–Trinajstić information content (AvgIpc) is 2.46. The largest absolute Gasteiger partial charge is 0.506 e. The Morgan fingerprint density at radius 1 is 0.889 bits per heavy atom. The van der Waals surface area contributed by atoms with Crippen LogP contribution in [0.2, 0.25) is 0 Å². The molecule has 27 heavy (non-hydrogen) atoms. The van der Waals surface area contributed by atoms with Crippen LogP contribution in [-0.2, 0) is 31.9 Å². The van der Waals surface area contributed by atoms with E-state index in [-0.39, 0.29) is 24.1 Å². The molecule has 0 aromatic carbocycles. The highest BCUT2D eigenvalue weighted by molar-refractivity contribution is 5.70. The standard InChI is InChI=1S/C21H33NO5/c1-20(2,3)26-18(24)11-7-9-15-13-22-14-17(23)16(15)10-8-12-19(25)27-21(4,5)6/h13-14,23H,7-12H2,1-6H3. The monoisotopic (exact) mass is 379 g/mol. The highest BCUT2D eigenvalue weighted by Gasteiger charge is 2.18. The molecule has 0 fully saturated rings. The molecule has 0 bridgehead atoms. The molecule has 1 heterocycles. The third kappa shape index (κ3) is 9.97. The Hall–Kier alpha value is -2.11. The lowest BCUT2D eigenvalue weighted by Gasteiger charge is -2.20. The molecule has 1 rings (SSSR count). The molecule has 1 aromatic heterocycles. The summed E-state index contributed by atoms with van der Waals surface area (Å²) in [6, 6.07) is 0. The summed E-state index contributed by atoms with van der Waals surface area (Å²) in [5.41, 5.74) is 0.680. The molecule has 0 radical (unpaired) electrons. The number of aromatic hydroxyl groups is 1. The van der Waals surface area contributed by atoms with E-state index >= 15 is 0 Å². The lowest BCUT2D eigenvalue weighted by atomic mass is 9.99. The number of carbonyl (C=O) groups is 2. The number of aryl methyl sites for hydroxylation is 1. The minimum Gasteiger partial charge on any atom is -0.506 e. The average molecular weight is 379 g/mol. The van der Waals surface area contributed by atoms with Gasteiger partial charge < -0.3 is 14.6 Å². The number of esters is 2. The summed E-state index contributed by atoms with van der Waals surface area (Å²) in [4.78, 5) is 27.7. The maximum atomic E-state index is 11.8. The zero-order valence-electron chi connectivity index (χ0n) is 17.4. The third-order valence-electron chi connectivity index (χ3n) is 3.60. The molecule has 6 heteroatoms. The Labute approximate surface area is 162 Å². The van der Waals surface area contributed by atoms with Crippen molar-refractivity contribution in [3.05, 3.63) is 23.5 Å². The van der Waals surface area contributed by atoms with Crippen LogP contribution in [0.3, 0.4) is 0 Å². The summed E-state index contributed by atoms with van der Waals surface area (Å²) < 4.78 is 10.6. The summed E-state index contributed by atoms with van der Waals surface area (Å²) in [6.07, 6.45) is 6.06. The van der Waals surface area contributed by atoms with Gasteiger partial charge in [0, 0.05) is 24.6 Å². The van der Waals surface area contributed by atoms with Crippen LogP contribution in [0.5, 0.6) is 5.75 Å². The number of ether oxygens (including phenoxy) is 2. The second-order valence-corrected chi connectivity index (χ2v) is 8.68. The number of hydrogen-bond acceptors (Lipinski definition) is 6. The molecule has 0 aliphatic rings. The van der Waals surface area contributed by atoms with Gasteiger partial charge in [-0.05, 0) is 72.8 Å². The van der Waals surface area contributed by atoms with Gasteiger partial charge in [0.2, 0.25) is 0 Å². The van der Waals surface area contributed by atoms with Crippen molar-refractivity contribution in [3.63, 3.8) is 0 Å². The molecular formula is C21H33NO5. The molecule has 1 N–H and O–H groups in total.